The molecule has 1 rings (SSSR count). The van der Waals surface area contributed by atoms with Crippen molar-refractivity contribution in [2.45, 2.75) is 17.7 Å². The van der Waals surface area contributed by atoms with Crippen LogP contribution < -0.4 is 0 Å². The van der Waals surface area contributed by atoms with Gasteiger partial charge in [0.25, 0.3) is 0 Å². The molecular formula is C10H11BrO2. The third kappa shape index (κ3) is 2.56. The summed E-state index contributed by atoms with van der Waals surface area (Å²) in [5.41, 5.74) is 1.03. The minimum atomic E-state index is -0.823. The first kappa shape index (κ1) is 10.3. The highest BCUT2D eigenvalue weighted by Crippen LogP contribution is 2.24. The Kier molecular flexibility index (Phi) is 3.48. The maximum atomic E-state index is 10.7. The van der Waals surface area contributed by atoms with Gasteiger partial charge in [0, 0.05) is 5.92 Å². The molecule has 70 valence electrons. The zero-order valence-electron chi connectivity index (χ0n) is 7.27. The molecule has 3 heteroatoms. The molecule has 1 N–H and O–H groups in total. The van der Waals surface area contributed by atoms with Crippen molar-refractivity contribution >= 4 is 21.9 Å². The lowest BCUT2D eigenvalue weighted by atomic mass is 9.98. The highest BCUT2D eigenvalue weighted by atomic mass is 79.9. The lowest BCUT2D eigenvalue weighted by molar-refractivity contribution is -0.136. The number of aliphatic carboxylic acids is 1. The molecule has 0 saturated heterocycles. The number of carboxylic acids is 1. The normalized spacial score (nSPS) is 14.9. The van der Waals surface area contributed by atoms with Crippen LogP contribution >= 0.6 is 15.9 Å². The van der Waals surface area contributed by atoms with Crippen molar-refractivity contribution in [2.24, 2.45) is 0 Å². The molecule has 0 bridgehead atoms. The predicted octanol–water partition coefficient (Wildman–Crippen LogP) is 2.64. The van der Waals surface area contributed by atoms with Crippen molar-refractivity contribution in [3.63, 3.8) is 0 Å². The number of hydrogen-bond donors (Lipinski definition) is 1. The molecule has 0 amide bonds. The van der Waals surface area contributed by atoms with Crippen LogP contribution in [-0.2, 0) is 4.79 Å². The van der Waals surface area contributed by atoms with Gasteiger partial charge in [-0.3, -0.25) is 4.79 Å². The predicted molar refractivity (Wildman–Crippen MR) is 55.2 cm³/mol. The Bertz CT molecular complexity index is 284. The molecule has 0 aliphatic carbocycles. The average Bonchev–Trinajstić information content (AvgIpc) is 2.17. The third-order valence-electron chi connectivity index (χ3n) is 2.00. The first-order valence-corrected chi connectivity index (χ1v) is 4.96. The maximum Gasteiger partial charge on any atom is 0.317 e. The second-order valence-corrected chi connectivity index (χ2v) is 3.93. The van der Waals surface area contributed by atoms with E-state index in [0.717, 1.165) is 5.56 Å². The quantitative estimate of drug-likeness (QED) is 0.828. The topological polar surface area (TPSA) is 37.3 Å². The van der Waals surface area contributed by atoms with Crippen LogP contribution in [0.5, 0.6) is 0 Å². The van der Waals surface area contributed by atoms with Gasteiger partial charge in [0.05, 0.1) is 0 Å². The van der Waals surface area contributed by atoms with Gasteiger partial charge in [-0.25, -0.2) is 0 Å². The molecule has 0 aliphatic rings. The van der Waals surface area contributed by atoms with Gasteiger partial charge in [-0.05, 0) is 5.56 Å². The molecule has 0 aromatic heterocycles. The fraction of sp³-hybridized carbons (Fsp3) is 0.300. The average molecular weight is 243 g/mol. The lowest BCUT2D eigenvalue weighted by Crippen LogP contribution is -2.19. The number of alkyl halides is 1. The van der Waals surface area contributed by atoms with E-state index < -0.39 is 10.8 Å². The standard InChI is InChI=1S/C10H11BrO2/c1-7(9(11)10(12)13)8-5-3-2-4-6-8/h2-7,9H,1H3,(H,12,13). The summed E-state index contributed by atoms with van der Waals surface area (Å²) in [5.74, 6) is -0.838. The maximum absolute atomic E-state index is 10.7. The Balaban J connectivity index is 2.79. The van der Waals surface area contributed by atoms with Crippen molar-refractivity contribution in [1.82, 2.24) is 0 Å². The van der Waals surface area contributed by atoms with Gasteiger partial charge in [0.15, 0.2) is 0 Å². The fourth-order valence-electron chi connectivity index (χ4n) is 1.14. The van der Waals surface area contributed by atoms with Crippen molar-refractivity contribution in [2.75, 3.05) is 0 Å². The number of rotatable bonds is 3. The Morgan fingerprint density at radius 1 is 1.38 bits per heavy atom. The van der Waals surface area contributed by atoms with E-state index in [1.165, 1.54) is 0 Å². The SMILES string of the molecule is CC(c1ccccc1)C(Br)C(=O)O. The highest BCUT2D eigenvalue weighted by molar-refractivity contribution is 9.10. The molecule has 0 radical (unpaired) electrons. The number of hydrogen-bond acceptors (Lipinski definition) is 1. The molecule has 0 fully saturated rings. The fourth-order valence-corrected chi connectivity index (χ4v) is 1.44. The molecule has 2 atom stereocenters. The van der Waals surface area contributed by atoms with Gasteiger partial charge in [-0.1, -0.05) is 53.2 Å². The van der Waals surface area contributed by atoms with Gasteiger partial charge in [-0.2, -0.15) is 0 Å². The number of benzene rings is 1. The van der Waals surface area contributed by atoms with E-state index in [0.29, 0.717) is 0 Å². The molecule has 13 heavy (non-hydrogen) atoms. The summed E-state index contributed by atoms with van der Waals surface area (Å²) in [6.45, 7) is 1.89. The van der Waals surface area contributed by atoms with E-state index in [1.54, 1.807) is 0 Å². The van der Waals surface area contributed by atoms with E-state index in [2.05, 4.69) is 15.9 Å². The monoisotopic (exact) mass is 242 g/mol. The van der Waals surface area contributed by atoms with Crippen LogP contribution in [0.1, 0.15) is 18.4 Å². The molecule has 0 spiro atoms. The van der Waals surface area contributed by atoms with Gasteiger partial charge < -0.3 is 5.11 Å². The first-order chi connectivity index (χ1) is 6.13. The minimum absolute atomic E-state index is 0.0151. The molecule has 0 saturated carbocycles. The molecular weight excluding hydrogens is 232 g/mol. The molecule has 0 heterocycles. The van der Waals surface area contributed by atoms with E-state index in [1.807, 2.05) is 37.3 Å². The summed E-state index contributed by atoms with van der Waals surface area (Å²) < 4.78 is 0. The van der Waals surface area contributed by atoms with Crippen molar-refractivity contribution in [1.29, 1.82) is 0 Å². The van der Waals surface area contributed by atoms with Crippen LogP contribution in [0, 0.1) is 0 Å². The van der Waals surface area contributed by atoms with E-state index in [9.17, 15) is 4.79 Å². The second-order valence-electron chi connectivity index (χ2n) is 2.94. The van der Waals surface area contributed by atoms with Crippen LogP contribution in [0.25, 0.3) is 0 Å². The summed E-state index contributed by atoms with van der Waals surface area (Å²) in [4.78, 5) is 10.1. The van der Waals surface area contributed by atoms with Crippen LogP contribution in [0.15, 0.2) is 30.3 Å². The number of carboxylic acid groups (broad SMARTS) is 1. The Labute approximate surface area is 85.7 Å². The Morgan fingerprint density at radius 3 is 2.38 bits per heavy atom. The largest absolute Gasteiger partial charge is 0.480 e. The van der Waals surface area contributed by atoms with Crippen LogP contribution in [0.4, 0.5) is 0 Å². The number of halogens is 1. The van der Waals surface area contributed by atoms with Gasteiger partial charge in [0.1, 0.15) is 4.83 Å². The Hall–Kier alpha value is -0.830. The molecule has 0 aliphatic heterocycles. The minimum Gasteiger partial charge on any atom is -0.480 e. The summed E-state index contributed by atoms with van der Waals surface area (Å²) in [6.07, 6.45) is 0. The van der Waals surface area contributed by atoms with E-state index in [-0.39, 0.29) is 5.92 Å². The summed E-state index contributed by atoms with van der Waals surface area (Å²) in [7, 11) is 0. The van der Waals surface area contributed by atoms with Crippen LogP contribution in [0.3, 0.4) is 0 Å². The second kappa shape index (κ2) is 4.42. The molecule has 1 aromatic carbocycles. The first-order valence-electron chi connectivity index (χ1n) is 4.04. The molecule has 2 nitrogen and oxygen atoms in total. The molecule has 1 aromatic rings. The van der Waals surface area contributed by atoms with Crippen molar-refractivity contribution in [3.05, 3.63) is 35.9 Å². The van der Waals surface area contributed by atoms with Gasteiger partial charge in [0.2, 0.25) is 0 Å². The van der Waals surface area contributed by atoms with Crippen molar-refractivity contribution < 1.29 is 9.90 Å². The third-order valence-corrected chi connectivity index (χ3v) is 3.18. The highest BCUT2D eigenvalue weighted by Gasteiger charge is 2.22. The van der Waals surface area contributed by atoms with Crippen LogP contribution in [0.2, 0.25) is 0 Å². The smallest absolute Gasteiger partial charge is 0.317 e. The number of carbonyl (C=O) groups is 1. The zero-order valence-corrected chi connectivity index (χ0v) is 8.86. The van der Waals surface area contributed by atoms with Crippen molar-refractivity contribution in [3.8, 4) is 0 Å². The van der Waals surface area contributed by atoms with Gasteiger partial charge >= 0.3 is 5.97 Å². The van der Waals surface area contributed by atoms with Crippen LogP contribution in [-0.4, -0.2) is 15.9 Å². The zero-order chi connectivity index (χ0) is 9.84. The summed E-state index contributed by atoms with van der Waals surface area (Å²) in [6, 6.07) is 9.60. The van der Waals surface area contributed by atoms with E-state index in [4.69, 9.17) is 5.11 Å². The lowest BCUT2D eigenvalue weighted by Gasteiger charge is -2.14. The summed E-state index contributed by atoms with van der Waals surface area (Å²) >= 11 is 3.14. The molecule has 2 unspecified atom stereocenters. The van der Waals surface area contributed by atoms with E-state index >= 15 is 0 Å². The van der Waals surface area contributed by atoms with Gasteiger partial charge in [-0.15, -0.1) is 0 Å². The Morgan fingerprint density at radius 2 is 1.92 bits per heavy atom. The summed E-state index contributed by atoms with van der Waals surface area (Å²) in [5, 5.41) is 8.77.